The summed E-state index contributed by atoms with van der Waals surface area (Å²) in [5.74, 6) is -0.909. The van der Waals surface area contributed by atoms with Crippen LogP contribution in [0, 0.1) is 10.1 Å². The van der Waals surface area contributed by atoms with Gasteiger partial charge in [0.1, 0.15) is 0 Å². The molecule has 0 atom stereocenters. The number of rotatable bonds is 5. The summed E-state index contributed by atoms with van der Waals surface area (Å²) >= 11 is 0. The van der Waals surface area contributed by atoms with Crippen molar-refractivity contribution < 1.29 is 19.2 Å². The fourth-order valence-corrected chi connectivity index (χ4v) is 1.46. The molecule has 6 nitrogen and oxygen atoms in total. The van der Waals surface area contributed by atoms with E-state index in [1.54, 1.807) is 6.92 Å². The van der Waals surface area contributed by atoms with Crippen molar-refractivity contribution >= 4 is 23.5 Å². The summed E-state index contributed by atoms with van der Waals surface area (Å²) in [5.41, 5.74) is 0.210. The first-order valence-corrected chi connectivity index (χ1v) is 5.60. The molecule has 0 unspecified atom stereocenters. The lowest BCUT2D eigenvalue weighted by Gasteiger charge is -2.00. The zero-order valence-electron chi connectivity index (χ0n) is 10.6. The summed E-state index contributed by atoms with van der Waals surface area (Å²) in [6.07, 6.45) is 2.57. The monoisotopic (exact) mass is 263 g/mol. The van der Waals surface area contributed by atoms with E-state index in [9.17, 15) is 19.7 Å². The van der Waals surface area contributed by atoms with Crippen molar-refractivity contribution in [3.8, 4) is 0 Å². The number of carbonyl (C=O) groups is 2. The molecule has 6 heteroatoms. The van der Waals surface area contributed by atoms with Crippen molar-refractivity contribution in [1.82, 2.24) is 0 Å². The van der Waals surface area contributed by atoms with Crippen LogP contribution in [0.5, 0.6) is 0 Å². The highest BCUT2D eigenvalue weighted by Gasteiger charge is 2.17. The third-order valence-corrected chi connectivity index (χ3v) is 2.30. The summed E-state index contributed by atoms with van der Waals surface area (Å²) in [6.45, 7) is 3.20. The molecule has 19 heavy (non-hydrogen) atoms. The first-order chi connectivity index (χ1) is 8.95. The Balaban J connectivity index is 3.06. The SMILES string of the molecule is CCOC(=O)C=Cc1ccc(C(C)=O)c([N+](=O)[O-])c1. The first kappa shape index (κ1) is 14.6. The normalized spacial score (nSPS) is 10.4. The van der Waals surface area contributed by atoms with E-state index in [0.29, 0.717) is 5.56 Å². The molecule has 0 radical (unpaired) electrons. The Bertz CT molecular complexity index is 548. The quantitative estimate of drug-likeness (QED) is 0.267. The van der Waals surface area contributed by atoms with E-state index >= 15 is 0 Å². The molecule has 0 saturated heterocycles. The zero-order valence-corrected chi connectivity index (χ0v) is 10.6. The topological polar surface area (TPSA) is 86.5 Å². The molecule has 0 saturated carbocycles. The fourth-order valence-electron chi connectivity index (χ4n) is 1.46. The number of nitro benzene ring substituents is 1. The largest absolute Gasteiger partial charge is 0.463 e. The summed E-state index contributed by atoms with van der Waals surface area (Å²) in [5, 5.41) is 10.9. The first-order valence-electron chi connectivity index (χ1n) is 5.60. The maximum absolute atomic E-state index is 11.2. The Hall–Kier alpha value is -2.50. The third kappa shape index (κ3) is 4.02. The standard InChI is InChI=1S/C13H13NO5/c1-3-19-13(16)7-5-10-4-6-11(9(2)15)12(8-10)14(17)18/h4-8H,3H2,1-2H3. The molecule has 0 aliphatic carbocycles. The molecular formula is C13H13NO5. The second-order valence-electron chi connectivity index (χ2n) is 3.68. The van der Waals surface area contributed by atoms with Crippen molar-refractivity contribution in [2.75, 3.05) is 6.61 Å². The van der Waals surface area contributed by atoms with Crippen molar-refractivity contribution in [2.45, 2.75) is 13.8 Å². The van der Waals surface area contributed by atoms with Crippen LogP contribution in [0.3, 0.4) is 0 Å². The minimum absolute atomic E-state index is 0.0401. The number of Topliss-reactive ketones (excluding diaryl/α,β-unsaturated/α-hetero) is 1. The number of benzene rings is 1. The molecule has 0 aliphatic heterocycles. The van der Waals surface area contributed by atoms with Gasteiger partial charge in [0, 0.05) is 12.1 Å². The highest BCUT2D eigenvalue weighted by atomic mass is 16.6. The molecule has 1 aromatic rings. The average Bonchev–Trinajstić information content (AvgIpc) is 2.36. The summed E-state index contributed by atoms with van der Waals surface area (Å²) in [6, 6.07) is 4.14. The minimum Gasteiger partial charge on any atom is -0.463 e. The van der Waals surface area contributed by atoms with E-state index in [0.717, 1.165) is 0 Å². The second-order valence-corrected chi connectivity index (χ2v) is 3.68. The summed E-state index contributed by atoms with van der Waals surface area (Å²) < 4.78 is 4.69. The summed E-state index contributed by atoms with van der Waals surface area (Å²) in [7, 11) is 0. The molecule has 0 fully saturated rings. The zero-order chi connectivity index (χ0) is 14.4. The Morgan fingerprint density at radius 1 is 1.42 bits per heavy atom. The van der Waals surface area contributed by atoms with Crippen LogP contribution in [0.25, 0.3) is 6.08 Å². The van der Waals surface area contributed by atoms with E-state index in [2.05, 4.69) is 4.74 Å². The van der Waals surface area contributed by atoms with Gasteiger partial charge < -0.3 is 4.74 Å². The molecule has 0 spiro atoms. The molecule has 100 valence electrons. The lowest BCUT2D eigenvalue weighted by molar-refractivity contribution is -0.385. The number of ether oxygens (including phenoxy) is 1. The molecule has 0 heterocycles. The smallest absolute Gasteiger partial charge is 0.330 e. The van der Waals surface area contributed by atoms with Gasteiger partial charge >= 0.3 is 5.97 Å². The van der Waals surface area contributed by atoms with Gasteiger partial charge in [-0.15, -0.1) is 0 Å². The van der Waals surface area contributed by atoms with Gasteiger partial charge in [-0.2, -0.15) is 0 Å². The molecule has 1 aromatic carbocycles. The number of hydrogen-bond acceptors (Lipinski definition) is 5. The Morgan fingerprint density at radius 3 is 2.63 bits per heavy atom. The van der Waals surface area contributed by atoms with E-state index in [4.69, 9.17) is 0 Å². The lowest BCUT2D eigenvalue weighted by Crippen LogP contribution is -2.01. The predicted octanol–water partition coefficient (Wildman–Crippen LogP) is 2.37. The van der Waals surface area contributed by atoms with Crippen LogP contribution in [0.4, 0.5) is 5.69 Å². The molecule has 0 amide bonds. The number of carbonyl (C=O) groups excluding carboxylic acids is 2. The third-order valence-electron chi connectivity index (χ3n) is 2.30. The molecule has 0 aliphatic rings. The van der Waals surface area contributed by atoms with Crippen LogP contribution in [0.15, 0.2) is 24.3 Å². The maximum atomic E-state index is 11.2. The number of ketones is 1. The van der Waals surface area contributed by atoms with Crippen LogP contribution >= 0.6 is 0 Å². The Morgan fingerprint density at radius 2 is 2.11 bits per heavy atom. The maximum Gasteiger partial charge on any atom is 0.330 e. The highest BCUT2D eigenvalue weighted by Crippen LogP contribution is 2.21. The van der Waals surface area contributed by atoms with Crippen molar-refractivity contribution in [1.29, 1.82) is 0 Å². The minimum atomic E-state index is -0.627. The number of hydrogen-bond donors (Lipinski definition) is 0. The van der Waals surface area contributed by atoms with E-state index in [1.165, 1.54) is 37.3 Å². The van der Waals surface area contributed by atoms with Crippen LogP contribution in [-0.2, 0) is 9.53 Å². The van der Waals surface area contributed by atoms with Gasteiger partial charge in [-0.3, -0.25) is 14.9 Å². The molecule has 0 N–H and O–H groups in total. The van der Waals surface area contributed by atoms with Gasteiger partial charge in [0.2, 0.25) is 0 Å². The van der Waals surface area contributed by atoms with Gasteiger partial charge in [-0.05, 0) is 31.6 Å². The van der Waals surface area contributed by atoms with Gasteiger partial charge in [-0.25, -0.2) is 4.79 Å². The molecule has 0 bridgehead atoms. The Labute approximate surface area is 109 Å². The van der Waals surface area contributed by atoms with Gasteiger partial charge in [0.25, 0.3) is 5.69 Å². The second kappa shape index (κ2) is 6.44. The van der Waals surface area contributed by atoms with Crippen LogP contribution < -0.4 is 0 Å². The van der Waals surface area contributed by atoms with Crippen LogP contribution in [0.1, 0.15) is 29.8 Å². The Kier molecular flexibility index (Phi) is 4.93. The molecule has 0 aromatic heterocycles. The summed E-state index contributed by atoms with van der Waals surface area (Å²) in [4.78, 5) is 32.6. The van der Waals surface area contributed by atoms with Gasteiger partial charge in [-0.1, -0.05) is 6.07 Å². The number of esters is 1. The lowest BCUT2D eigenvalue weighted by atomic mass is 10.1. The van der Waals surface area contributed by atoms with Crippen molar-refractivity contribution in [3.05, 3.63) is 45.5 Å². The number of nitro groups is 1. The predicted molar refractivity (Wildman–Crippen MR) is 68.8 cm³/mol. The van der Waals surface area contributed by atoms with Crippen molar-refractivity contribution in [3.63, 3.8) is 0 Å². The van der Waals surface area contributed by atoms with E-state index in [-0.39, 0.29) is 23.6 Å². The van der Waals surface area contributed by atoms with Crippen molar-refractivity contribution in [2.24, 2.45) is 0 Å². The number of nitrogens with zero attached hydrogens (tertiary/aromatic N) is 1. The van der Waals surface area contributed by atoms with Gasteiger partial charge in [0.15, 0.2) is 5.78 Å². The average molecular weight is 263 g/mol. The van der Waals surface area contributed by atoms with Gasteiger partial charge in [0.05, 0.1) is 17.1 Å². The fraction of sp³-hybridized carbons (Fsp3) is 0.231. The molecule has 1 rings (SSSR count). The molecular weight excluding hydrogens is 250 g/mol. The highest BCUT2D eigenvalue weighted by molar-refractivity contribution is 5.98. The van der Waals surface area contributed by atoms with E-state index < -0.39 is 10.9 Å². The van der Waals surface area contributed by atoms with Crippen LogP contribution in [-0.4, -0.2) is 23.3 Å². The van der Waals surface area contributed by atoms with Crippen LogP contribution in [0.2, 0.25) is 0 Å². The van der Waals surface area contributed by atoms with E-state index in [1.807, 2.05) is 0 Å².